The molecule has 0 aliphatic carbocycles. The Hall–Kier alpha value is -2.81. The van der Waals surface area contributed by atoms with Gasteiger partial charge in [-0.2, -0.15) is 0 Å². The smallest absolute Gasteiger partial charge is 0.322 e. The van der Waals surface area contributed by atoms with Crippen LogP contribution in [0.25, 0.3) is 0 Å². The normalized spacial score (nSPS) is 11.2. The lowest BCUT2D eigenvalue weighted by molar-refractivity contribution is -0.137. The summed E-state index contributed by atoms with van der Waals surface area (Å²) in [4.78, 5) is 45.9. The zero-order valence-corrected chi connectivity index (χ0v) is 14.9. The van der Waals surface area contributed by atoms with Crippen molar-refractivity contribution >= 4 is 41.1 Å². The number of carbonyl (C=O) groups is 4. The number of benzene rings is 1. The molecule has 0 radical (unpaired) electrons. The number of urea groups is 1. The molecule has 26 heavy (non-hydrogen) atoms. The van der Waals surface area contributed by atoms with Crippen molar-refractivity contribution in [3.05, 3.63) is 29.3 Å². The van der Waals surface area contributed by atoms with Crippen LogP contribution in [0.4, 0.5) is 10.5 Å². The van der Waals surface area contributed by atoms with Gasteiger partial charge in [-0.25, -0.2) is 4.79 Å². The summed E-state index contributed by atoms with van der Waals surface area (Å²) in [5, 5.41) is 18.6. The summed E-state index contributed by atoms with van der Waals surface area (Å²) in [7, 11) is 0. The van der Waals surface area contributed by atoms with Crippen molar-refractivity contribution in [1.82, 2.24) is 16.0 Å². The Morgan fingerprint density at radius 2 is 1.73 bits per heavy atom. The number of carboxylic acid groups (broad SMARTS) is 1. The van der Waals surface area contributed by atoms with Gasteiger partial charge in [-0.3, -0.25) is 14.4 Å². The van der Waals surface area contributed by atoms with E-state index >= 15 is 0 Å². The number of aliphatic carboxylic acids is 1. The third-order valence-electron chi connectivity index (χ3n) is 3.16. The quantitative estimate of drug-likeness (QED) is 0.431. The Kier molecular flexibility index (Phi) is 8.93. The number of anilines is 1. The summed E-state index contributed by atoms with van der Waals surface area (Å²) in [5.41, 5.74) is 0.510. The maximum absolute atomic E-state index is 12.1. The second kappa shape index (κ2) is 10.9. The van der Waals surface area contributed by atoms with Crippen LogP contribution in [-0.2, 0) is 14.4 Å². The molecule has 0 aromatic heterocycles. The van der Waals surface area contributed by atoms with Gasteiger partial charge in [0.05, 0.1) is 6.54 Å². The standard InChI is InChI=1S/C16H21ClN4O5/c1-2-3-12(15(25)19-8-13(22)18-9-14(23)24)21-16(26)20-11-6-4-10(17)5-7-11/h4-7,12H,2-3,8-9H2,1H3,(H,18,22)(H,19,25)(H,23,24)(H2,20,21,26). The second-order valence-corrected chi connectivity index (χ2v) is 5.77. The fourth-order valence-electron chi connectivity index (χ4n) is 1.94. The average molecular weight is 385 g/mol. The van der Waals surface area contributed by atoms with Crippen LogP contribution in [-0.4, -0.2) is 48.1 Å². The number of rotatable bonds is 9. The monoisotopic (exact) mass is 384 g/mol. The minimum Gasteiger partial charge on any atom is -0.480 e. The van der Waals surface area contributed by atoms with E-state index in [9.17, 15) is 19.2 Å². The molecule has 0 saturated carbocycles. The van der Waals surface area contributed by atoms with Crippen LogP contribution >= 0.6 is 11.6 Å². The molecule has 4 amide bonds. The molecule has 10 heteroatoms. The lowest BCUT2D eigenvalue weighted by Crippen LogP contribution is -2.50. The van der Waals surface area contributed by atoms with Crippen LogP contribution in [0.15, 0.2) is 24.3 Å². The van der Waals surface area contributed by atoms with Crippen molar-refractivity contribution in [3.8, 4) is 0 Å². The van der Waals surface area contributed by atoms with E-state index < -0.39 is 36.4 Å². The van der Waals surface area contributed by atoms with Crippen molar-refractivity contribution in [3.63, 3.8) is 0 Å². The van der Waals surface area contributed by atoms with E-state index in [1.165, 1.54) is 0 Å². The average Bonchev–Trinajstić information content (AvgIpc) is 2.59. The zero-order chi connectivity index (χ0) is 19.5. The molecule has 0 saturated heterocycles. The zero-order valence-electron chi connectivity index (χ0n) is 14.2. The van der Waals surface area contributed by atoms with Gasteiger partial charge in [0.2, 0.25) is 11.8 Å². The molecule has 0 bridgehead atoms. The summed E-state index contributed by atoms with van der Waals surface area (Å²) >= 11 is 5.77. The molecule has 0 heterocycles. The molecule has 0 aliphatic heterocycles. The Labute approximate surface area is 155 Å². The number of hydrogen-bond donors (Lipinski definition) is 5. The highest BCUT2D eigenvalue weighted by Gasteiger charge is 2.20. The van der Waals surface area contributed by atoms with Gasteiger partial charge in [-0.05, 0) is 30.7 Å². The van der Waals surface area contributed by atoms with Crippen molar-refractivity contribution in [2.24, 2.45) is 0 Å². The maximum atomic E-state index is 12.1. The predicted molar refractivity (Wildman–Crippen MR) is 96.0 cm³/mol. The second-order valence-electron chi connectivity index (χ2n) is 5.33. The van der Waals surface area contributed by atoms with Crippen molar-refractivity contribution < 1.29 is 24.3 Å². The maximum Gasteiger partial charge on any atom is 0.322 e. The van der Waals surface area contributed by atoms with E-state index in [0.717, 1.165) is 0 Å². The van der Waals surface area contributed by atoms with Crippen LogP contribution in [0.3, 0.4) is 0 Å². The minimum absolute atomic E-state index is 0.372. The number of hydrogen-bond acceptors (Lipinski definition) is 4. The summed E-state index contributed by atoms with van der Waals surface area (Å²) in [6, 6.07) is 5.05. The number of nitrogens with one attached hydrogen (secondary N) is 4. The Morgan fingerprint density at radius 1 is 1.08 bits per heavy atom. The molecule has 0 spiro atoms. The number of carbonyl (C=O) groups excluding carboxylic acids is 3. The summed E-state index contributed by atoms with van der Waals surface area (Å²) in [5.74, 6) is -2.36. The van der Waals surface area contributed by atoms with Crippen LogP contribution < -0.4 is 21.3 Å². The van der Waals surface area contributed by atoms with Crippen LogP contribution in [0.2, 0.25) is 5.02 Å². The van der Waals surface area contributed by atoms with E-state index in [4.69, 9.17) is 16.7 Å². The number of amides is 4. The molecule has 1 aromatic carbocycles. The first-order chi connectivity index (χ1) is 12.3. The van der Waals surface area contributed by atoms with Gasteiger partial charge in [-0.15, -0.1) is 0 Å². The molecule has 5 N–H and O–H groups in total. The molecule has 1 rings (SSSR count). The highest BCUT2D eigenvalue weighted by molar-refractivity contribution is 6.30. The third kappa shape index (κ3) is 8.34. The molecular weight excluding hydrogens is 364 g/mol. The van der Waals surface area contributed by atoms with Crippen LogP contribution in [0, 0.1) is 0 Å². The fourth-order valence-corrected chi connectivity index (χ4v) is 2.07. The first-order valence-corrected chi connectivity index (χ1v) is 8.29. The summed E-state index contributed by atoms with van der Waals surface area (Å²) in [6.07, 6.45) is 1.00. The Morgan fingerprint density at radius 3 is 2.31 bits per heavy atom. The predicted octanol–water partition coefficient (Wildman–Crippen LogP) is 0.947. The van der Waals surface area contributed by atoms with E-state index in [1.807, 2.05) is 6.92 Å². The lowest BCUT2D eigenvalue weighted by atomic mass is 10.1. The Bertz CT molecular complexity index is 651. The lowest BCUT2D eigenvalue weighted by Gasteiger charge is -2.18. The highest BCUT2D eigenvalue weighted by atomic mass is 35.5. The van der Waals surface area contributed by atoms with Gasteiger partial charge < -0.3 is 26.4 Å². The number of halogens is 1. The third-order valence-corrected chi connectivity index (χ3v) is 3.41. The number of carboxylic acids is 1. The first-order valence-electron chi connectivity index (χ1n) is 7.91. The van der Waals surface area contributed by atoms with Crippen molar-refractivity contribution in [2.45, 2.75) is 25.8 Å². The molecule has 0 aliphatic rings. The van der Waals surface area contributed by atoms with Crippen molar-refractivity contribution in [1.29, 1.82) is 0 Å². The molecule has 142 valence electrons. The van der Waals surface area contributed by atoms with Gasteiger partial charge >= 0.3 is 12.0 Å². The molecule has 1 aromatic rings. The SMILES string of the molecule is CCCC(NC(=O)Nc1ccc(Cl)cc1)C(=O)NCC(=O)NCC(=O)O. The summed E-state index contributed by atoms with van der Waals surface area (Å²) in [6.45, 7) is 0.931. The van der Waals surface area contributed by atoms with Gasteiger partial charge in [-0.1, -0.05) is 24.9 Å². The van der Waals surface area contributed by atoms with E-state index in [2.05, 4.69) is 21.3 Å². The van der Waals surface area contributed by atoms with E-state index in [-0.39, 0.29) is 6.54 Å². The van der Waals surface area contributed by atoms with Gasteiger partial charge in [0, 0.05) is 10.7 Å². The van der Waals surface area contributed by atoms with E-state index in [1.54, 1.807) is 24.3 Å². The molecule has 1 atom stereocenters. The largest absolute Gasteiger partial charge is 0.480 e. The highest BCUT2D eigenvalue weighted by Crippen LogP contribution is 2.13. The van der Waals surface area contributed by atoms with E-state index in [0.29, 0.717) is 23.6 Å². The molecule has 9 nitrogen and oxygen atoms in total. The van der Waals surface area contributed by atoms with Gasteiger partial charge in [0.1, 0.15) is 12.6 Å². The minimum atomic E-state index is -1.19. The van der Waals surface area contributed by atoms with Crippen LogP contribution in [0.1, 0.15) is 19.8 Å². The van der Waals surface area contributed by atoms with Crippen molar-refractivity contribution in [2.75, 3.05) is 18.4 Å². The molecular formula is C16H21ClN4O5. The van der Waals surface area contributed by atoms with Gasteiger partial charge in [0.15, 0.2) is 0 Å². The topological polar surface area (TPSA) is 137 Å². The summed E-state index contributed by atoms with van der Waals surface area (Å²) < 4.78 is 0. The van der Waals surface area contributed by atoms with Crippen LogP contribution in [0.5, 0.6) is 0 Å². The fraction of sp³-hybridized carbons (Fsp3) is 0.375. The first kappa shape index (κ1) is 21.2. The molecule has 0 fully saturated rings. The van der Waals surface area contributed by atoms with Gasteiger partial charge in [0.25, 0.3) is 0 Å². The Balaban J connectivity index is 2.51. The molecule has 1 unspecified atom stereocenters.